The van der Waals surface area contributed by atoms with Crippen molar-refractivity contribution >= 4 is 0 Å². The fraction of sp³-hybridized carbons (Fsp3) is 1.00. The van der Waals surface area contributed by atoms with Crippen molar-refractivity contribution in [1.82, 2.24) is 4.90 Å². The van der Waals surface area contributed by atoms with Crippen molar-refractivity contribution in [1.29, 1.82) is 0 Å². The molecule has 1 aliphatic rings. The van der Waals surface area contributed by atoms with Gasteiger partial charge in [-0.25, -0.2) is 0 Å². The zero-order chi connectivity index (χ0) is 18.8. The van der Waals surface area contributed by atoms with Crippen molar-refractivity contribution in [2.75, 3.05) is 13.1 Å². The van der Waals surface area contributed by atoms with Crippen LogP contribution in [0, 0.1) is 0 Å². The van der Waals surface area contributed by atoms with Gasteiger partial charge in [-0.05, 0) is 19.3 Å². The van der Waals surface area contributed by atoms with Gasteiger partial charge in [-0.15, -0.1) is 0 Å². The highest BCUT2D eigenvalue weighted by Gasteiger charge is 2.55. The van der Waals surface area contributed by atoms with Crippen LogP contribution in [-0.2, 0) is 0 Å². The van der Waals surface area contributed by atoms with E-state index in [0.717, 1.165) is 25.7 Å². The van der Waals surface area contributed by atoms with Gasteiger partial charge < -0.3 is 5.73 Å². The molecular formula is C20H39F3N2. The molecule has 0 radical (unpaired) electrons. The molecule has 25 heavy (non-hydrogen) atoms. The summed E-state index contributed by atoms with van der Waals surface area (Å²) in [6.07, 6.45) is 9.84. The first-order valence-corrected chi connectivity index (χ1v) is 10.4. The Hall–Kier alpha value is -0.290. The summed E-state index contributed by atoms with van der Waals surface area (Å²) in [5.41, 5.74) is 3.68. The van der Waals surface area contributed by atoms with Crippen LogP contribution in [0.25, 0.3) is 0 Å². The van der Waals surface area contributed by atoms with Crippen molar-refractivity contribution < 1.29 is 13.2 Å². The minimum atomic E-state index is -4.30. The predicted molar refractivity (Wildman–Crippen MR) is 99.7 cm³/mol. The number of hydrogen-bond acceptors (Lipinski definition) is 2. The normalized spacial score (nSPS) is 22.2. The largest absolute Gasteiger partial charge is 0.407 e. The number of unbranched alkanes of at least 4 members (excludes halogenated alkanes) is 8. The Labute approximate surface area is 152 Å². The second-order valence-electron chi connectivity index (χ2n) is 7.93. The Bertz CT molecular complexity index is 332. The Morgan fingerprint density at radius 3 is 1.76 bits per heavy atom. The third-order valence-corrected chi connectivity index (χ3v) is 5.69. The van der Waals surface area contributed by atoms with Gasteiger partial charge in [0.15, 0.2) is 0 Å². The molecule has 1 atom stereocenters. The number of nitrogens with two attached hydrogens (primary N) is 1. The van der Waals surface area contributed by atoms with Gasteiger partial charge in [0.2, 0.25) is 0 Å². The van der Waals surface area contributed by atoms with Crippen LogP contribution in [0.2, 0.25) is 0 Å². The van der Waals surface area contributed by atoms with E-state index in [2.05, 4.69) is 13.8 Å². The fourth-order valence-corrected chi connectivity index (χ4v) is 3.88. The molecule has 0 aliphatic carbocycles. The summed E-state index contributed by atoms with van der Waals surface area (Å²) in [7, 11) is 0. The molecular weight excluding hydrogens is 325 g/mol. The minimum Gasteiger partial charge on any atom is -0.317 e. The molecule has 5 heteroatoms. The zero-order valence-electron chi connectivity index (χ0n) is 16.3. The predicted octanol–water partition coefficient (Wildman–Crippen LogP) is 6.04. The van der Waals surface area contributed by atoms with Crippen LogP contribution in [0.3, 0.4) is 0 Å². The van der Waals surface area contributed by atoms with E-state index in [1.54, 1.807) is 0 Å². The van der Waals surface area contributed by atoms with Crippen molar-refractivity contribution in [2.45, 2.75) is 115 Å². The number of nitrogens with zero attached hydrogens (tertiary/aromatic N) is 1. The van der Waals surface area contributed by atoms with E-state index < -0.39 is 11.7 Å². The lowest BCUT2D eigenvalue weighted by molar-refractivity contribution is -0.182. The Balaban J connectivity index is 2.49. The lowest BCUT2D eigenvalue weighted by Gasteiger charge is -2.31. The molecule has 0 aromatic carbocycles. The summed E-state index contributed by atoms with van der Waals surface area (Å²) in [6.45, 7) is 4.86. The number of hydrogen-bond donors (Lipinski definition) is 1. The van der Waals surface area contributed by atoms with Crippen molar-refractivity contribution in [3.63, 3.8) is 0 Å². The molecule has 0 aromatic rings. The van der Waals surface area contributed by atoms with Crippen LogP contribution in [0.5, 0.6) is 0 Å². The van der Waals surface area contributed by atoms with Gasteiger partial charge >= 0.3 is 6.18 Å². The fourth-order valence-electron chi connectivity index (χ4n) is 3.88. The highest BCUT2D eigenvalue weighted by atomic mass is 19.4. The van der Waals surface area contributed by atoms with Crippen LogP contribution in [-0.4, -0.2) is 35.7 Å². The van der Waals surface area contributed by atoms with E-state index in [0.29, 0.717) is 6.54 Å². The van der Waals surface area contributed by atoms with E-state index in [-0.39, 0.29) is 19.0 Å². The van der Waals surface area contributed by atoms with Crippen LogP contribution in [0.15, 0.2) is 0 Å². The second-order valence-corrected chi connectivity index (χ2v) is 7.93. The lowest BCUT2D eigenvalue weighted by atomic mass is 9.98. The molecule has 1 saturated heterocycles. The summed E-state index contributed by atoms with van der Waals surface area (Å²) in [6, 6.07) is 0.274. The second kappa shape index (κ2) is 11.4. The van der Waals surface area contributed by atoms with Crippen LogP contribution < -0.4 is 5.73 Å². The zero-order valence-corrected chi connectivity index (χ0v) is 16.3. The topological polar surface area (TPSA) is 29.3 Å². The van der Waals surface area contributed by atoms with Gasteiger partial charge in [0, 0.05) is 19.1 Å². The maximum atomic E-state index is 13.2. The highest BCUT2D eigenvalue weighted by Crippen LogP contribution is 2.37. The Morgan fingerprint density at radius 1 is 0.880 bits per heavy atom. The summed E-state index contributed by atoms with van der Waals surface area (Å²) < 4.78 is 39.6. The average Bonchev–Trinajstić information content (AvgIpc) is 2.96. The Kier molecular flexibility index (Phi) is 10.4. The first kappa shape index (κ1) is 22.8. The number of alkyl halides is 3. The maximum absolute atomic E-state index is 13.2. The molecule has 0 aromatic heterocycles. The van der Waals surface area contributed by atoms with Crippen LogP contribution in [0.1, 0.15) is 97.3 Å². The third kappa shape index (κ3) is 7.86. The molecule has 1 rings (SSSR count). The summed E-state index contributed by atoms with van der Waals surface area (Å²) >= 11 is 0. The van der Waals surface area contributed by atoms with Crippen molar-refractivity contribution in [3.05, 3.63) is 0 Å². The highest BCUT2D eigenvalue weighted by molar-refractivity contribution is 5.01. The standard InChI is InChI=1S/C20H39F3N2/c1-3-5-7-9-11-13-18(14-12-10-8-6-4-2)25-16-15-19(24,17-25)20(21,22)23/h18H,3-17,24H2,1-2H3. The van der Waals surface area contributed by atoms with E-state index in [9.17, 15) is 13.2 Å². The van der Waals surface area contributed by atoms with Crippen LogP contribution in [0.4, 0.5) is 13.2 Å². The molecule has 2 nitrogen and oxygen atoms in total. The Morgan fingerprint density at radius 2 is 1.36 bits per heavy atom. The molecule has 0 saturated carbocycles. The van der Waals surface area contributed by atoms with Gasteiger partial charge in [-0.2, -0.15) is 13.2 Å². The van der Waals surface area contributed by atoms with Gasteiger partial charge in [-0.3, -0.25) is 4.90 Å². The van der Waals surface area contributed by atoms with Crippen LogP contribution >= 0.6 is 0 Å². The quantitative estimate of drug-likeness (QED) is 0.404. The molecule has 0 spiro atoms. The van der Waals surface area contributed by atoms with Gasteiger partial charge in [-0.1, -0.05) is 78.1 Å². The number of rotatable bonds is 13. The van der Waals surface area contributed by atoms with Gasteiger partial charge in [0.05, 0.1) is 0 Å². The third-order valence-electron chi connectivity index (χ3n) is 5.69. The van der Waals surface area contributed by atoms with E-state index in [1.807, 2.05) is 4.90 Å². The summed E-state index contributed by atoms with van der Waals surface area (Å²) in [5, 5.41) is 0. The molecule has 0 amide bonds. The molecule has 1 fully saturated rings. The SMILES string of the molecule is CCCCCCCC(CCCCCCC)N1CCC(N)(C(F)(F)F)C1. The first-order valence-electron chi connectivity index (χ1n) is 10.4. The van der Waals surface area contributed by atoms with Gasteiger partial charge in [0.25, 0.3) is 0 Å². The van der Waals surface area contributed by atoms with Crippen molar-refractivity contribution in [3.8, 4) is 0 Å². The molecule has 150 valence electrons. The minimum absolute atomic E-state index is 0.0227. The van der Waals surface area contributed by atoms with E-state index in [1.165, 1.54) is 51.4 Å². The molecule has 1 aliphatic heterocycles. The number of halogens is 3. The first-order chi connectivity index (χ1) is 11.8. The summed E-state index contributed by atoms with van der Waals surface area (Å²) in [5.74, 6) is 0. The molecule has 0 bridgehead atoms. The molecule has 1 heterocycles. The smallest absolute Gasteiger partial charge is 0.317 e. The van der Waals surface area contributed by atoms with Crippen molar-refractivity contribution in [2.24, 2.45) is 5.73 Å². The maximum Gasteiger partial charge on any atom is 0.407 e. The number of likely N-dealkylation sites (tertiary alicyclic amines) is 1. The molecule has 2 N–H and O–H groups in total. The van der Waals surface area contributed by atoms with E-state index in [4.69, 9.17) is 5.73 Å². The van der Waals surface area contributed by atoms with E-state index >= 15 is 0 Å². The summed E-state index contributed by atoms with van der Waals surface area (Å²) in [4.78, 5) is 2.03. The lowest BCUT2D eigenvalue weighted by Crippen LogP contribution is -2.55. The monoisotopic (exact) mass is 364 g/mol. The van der Waals surface area contributed by atoms with Gasteiger partial charge in [0.1, 0.15) is 5.54 Å². The molecule has 1 unspecified atom stereocenters. The average molecular weight is 365 g/mol.